The minimum Gasteiger partial charge on any atom is -0.361 e. The Morgan fingerprint density at radius 3 is 2.95 bits per heavy atom. The highest BCUT2D eigenvalue weighted by Gasteiger charge is 2.06. The minimum absolute atomic E-state index is 0.126. The fourth-order valence-corrected chi connectivity index (χ4v) is 2.17. The second-order valence-corrected chi connectivity index (χ2v) is 4.67. The lowest BCUT2D eigenvalue weighted by atomic mass is 10.1. The third-order valence-electron chi connectivity index (χ3n) is 3.22. The third-order valence-corrected chi connectivity index (χ3v) is 3.22. The lowest BCUT2D eigenvalue weighted by Crippen LogP contribution is -2.26. The van der Waals surface area contributed by atoms with Gasteiger partial charge in [0, 0.05) is 30.1 Å². The van der Waals surface area contributed by atoms with Gasteiger partial charge in [-0.1, -0.05) is 18.2 Å². The molecular formula is C15H21N3O. The summed E-state index contributed by atoms with van der Waals surface area (Å²) >= 11 is 0. The molecule has 2 rings (SSSR count). The van der Waals surface area contributed by atoms with Crippen molar-refractivity contribution >= 4 is 16.8 Å². The molecule has 0 saturated carbocycles. The fraction of sp³-hybridized carbons (Fsp3) is 0.400. The summed E-state index contributed by atoms with van der Waals surface area (Å²) in [5.74, 6) is 0.126. The smallest absolute Gasteiger partial charge is 0.220 e. The van der Waals surface area contributed by atoms with Crippen molar-refractivity contribution in [2.75, 3.05) is 20.1 Å². The topological polar surface area (TPSA) is 56.9 Å². The Morgan fingerprint density at radius 2 is 2.11 bits per heavy atom. The molecule has 1 aromatic heterocycles. The summed E-state index contributed by atoms with van der Waals surface area (Å²) < 4.78 is 0. The number of amides is 1. The molecule has 0 unspecified atom stereocenters. The first-order chi connectivity index (χ1) is 9.31. The standard InChI is InChI=1S/C15H21N3O/c1-16-9-4-10-17-15(19)8-7-12-11-18-14-6-3-2-5-13(12)14/h2-3,5-6,11,16,18H,4,7-10H2,1H3,(H,17,19). The molecule has 0 bridgehead atoms. The number of para-hydroxylation sites is 1. The van der Waals surface area contributed by atoms with E-state index < -0.39 is 0 Å². The van der Waals surface area contributed by atoms with Crippen LogP contribution in [-0.2, 0) is 11.2 Å². The van der Waals surface area contributed by atoms with E-state index in [-0.39, 0.29) is 5.91 Å². The van der Waals surface area contributed by atoms with Gasteiger partial charge in [-0.15, -0.1) is 0 Å². The average Bonchev–Trinajstić information content (AvgIpc) is 2.85. The Hall–Kier alpha value is -1.81. The van der Waals surface area contributed by atoms with Crippen LogP contribution in [0.1, 0.15) is 18.4 Å². The number of carbonyl (C=O) groups is 1. The van der Waals surface area contributed by atoms with Crippen molar-refractivity contribution in [1.82, 2.24) is 15.6 Å². The van der Waals surface area contributed by atoms with Crippen LogP contribution in [0.15, 0.2) is 30.5 Å². The summed E-state index contributed by atoms with van der Waals surface area (Å²) in [5.41, 5.74) is 2.34. The molecule has 0 saturated heterocycles. The summed E-state index contributed by atoms with van der Waals surface area (Å²) in [6, 6.07) is 8.18. The molecule has 0 aliphatic carbocycles. The maximum absolute atomic E-state index is 11.7. The van der Waals surface area contributed by atoms with Crippen molar-refractivity contribution in [3.8, 4) is 0 Å². The molecule has 0 aliphatic heterocycles. The van der Waals surface area contributed by atoms with Crippen molar-refractivity contribution in [1.29, 1.82) is 0 Å². The number of aromatic amines is 1. The van der Waals surface area contributed by atoms with Crippen LogP contribution in [0.4, 0.5) is 0 Å². The third kappa shape index (κ3) is 3.83. The van der Waals surface area contributed by atoms with Gasteiger partial charge in [-0.3, -0.25) is 4.79 Å². The number of H-pyrrole nitrogens is 1. The van der Waals surface area contributed by atoms with Gasteiger partial charge >= 0.3 is 0 Å². The van der Waals surface area contributed by atoms with Crippen molar-refractivity contribution in [3.05, 3.63) is 36.0 Å². The Kier molecular flexibility index (Phi) is 4.98. The molecule has 0 aliphatic rings. The molecule has 4 heteroatoms. The summed E-state index contributed by atoms with van der Waals surface area (Å²) in [4.78, 5) is 14.9. The predicted octanol–water partition coefficient (Wildman–Crippen LogP) is 1.83. The second-order valence-electron chi connectivity index (χ2n) is 4.67. The molecule has 3 N–H and O–H groups in total. The number of aromatic nitrogens is 1. The number of aryl methyl sites for hydroxylation is 1. The molecule has 102 valence electrons. The number of carbonyl (C=O) groups excluding carboxylic acids is 1. The van der Waals surface area contributed by atoms with Crippen LogP contribution in [0.25, 0.3) is 10.9 Å². The molecule has 0 atom stereocenters. The van der Waals surface area contributed by atoms with Gasteiger partial charge in [-0.25, -0.2) is 0 Å². The van der Waals surface area contributed by atoms with E-state index in [9.17, 15) is 4.79 Å². The maximum Gasteiger partial charge on any atom is 0.220 e. The monoisotopic (exact) mass is 259 g/mol. The van der Waals surface area contributed by atoms with Gasteiger partial charge in [0.25, 0.3) is 0 Å². The van der Waals surface area contributed by atoms with E-state index in [4.69, 9.17) is 0 Å². The van der Waals surface area contributed by atoms with E-state index in [2.05, 4.69) is 27.8 Å². The normalized spacial score (nSPS) is 10.8. The van der Waals surface area contributed by atoms with E-state index in [0.717, 1.165) is 31.4 Å². The first kappa shape index (κ1) is 13.6. The Bertz CT molecular complexity index is 533. The summed E-state index contributed by atoms with van der Waals surface area (Å²) in [7, 11) is 1.92. The fourth-order valence-electron chi connectivity index (χ4n) is 2.17. The van der Waals surface area contributed by atoms with Gasteiger partial charge in [0.05, 0.1) is 0 Å². The molecule has 2 aromatic rings. The number of fused-ring (bicyclic) bond motifs is 1. The quantitative estimate of drug-likeness (QED) is 0.664. The van der Waals surface area contributed by atoms with Crippen LogP contribution < -0.4 is 10.6 Å². The van der Waals surface area contributed by atoms with Crippen molar-refractivity contribution < 1.29 is 4.79 Å². The van der Waals surface area contributed by atoms with Gasteiger partial charge in [0.15, 0.2) is 0 Å². The highest BCUT2D eigenvalue weighted by atomic mass is 16.1. The molecule has 1 heterocycles. The summed E-state index contributed by atoms with van der Waals surface area (Å²) in [6.07, 6.45) is 4.29. The molecule has 1 amide bonds. The van der Waals surface area contributed by atoms with Crippen LogP contribution >= 0.6 is 0 Å². The lowest BCUT2D eigenvalue weighted by Gasteiger charge is -2.04. The number of benzene rings is 1. The van der Waals surface area contributed by atoms with Crippen LogP contribution in [0.3, 0.4) is 0 Å². The molecule has 1 aromatic carbocycles. The number of hydrogen-bond acceptors (Lipinski definition) is 2. The van der Waals surface area contributed by atoms with Crippen LogP contribution in [0.5, 0.6) is 0 Å². The van der Waals surface area contributed by atoms with Gasteiger partial charge in [-0.2, -0.15) is 0 Å². The largest absolute Gasteiger partial charge is 0.361 e. The Morgan fingerprint density at radius 1 is 1.26 bits per heavy atom. The SMILES string of the molecule is CNCCCNC(=O)CCc1c[nH]c2ccccc12. The van der Waals surface area contributed by atoms with Gasteiger partial charge in [0.2, 0.25) is 5.91 Å². The van der Waals surface area contributed by atoms with E-state index in [0.29, 0.717) is 6.42 Å². The Labute approximate surface area is 113 Å². The van der Waals surface area contributed by atoms with E-state index in [1.54, 1.807) is 0 Å². The first-order valence-electron chi connectivity index (χ1n) is 6.77. The zero-order valence-corrected chi connectivity index (χ0v) is 11.3. The zero-order valence-electron chi connectivity index (χ0n) is 11.3. The van der Waals surface area contributed by atoms with Gasteiger partial charge in [0.1, 0.15) is 0 Å². The van der Waals surface area contributed by atoms with Gasteiger partial charge < -0.3 is 15.6 Å². The second kappa shape index (κ2) is 6.95. The number of hydrogen-bond donors (Lipinski definition) is 3. The van der Waals surface area contributed by atoms with Crippen molar-refractivity contribution in [2.24, 2.45) is 0 Å². The van der Waals surface area contributed by atoms with E-state index in [1.165, 1.54) is 10.9 Å². The minimum atomic E-state index is 0.126. The van der Waals surface area contributed by atoms with E-state index in [1.807, 2.05) is 25.4 Å². The molecular weight excluding hydrogens is 238 g/mol. The number of nitrogens with one attached hydrogen (secondary N) is 3. The maximum atomic E-state index is 11.7. The van der Waals surface area contributed by atoms with Crippen LogP contribution in [-0.4, -0.2) is 31.0 Å². The predicted molar refractivity (Wildman–Crippen MR) is 78.2 cm³/mol. The molecule has 0 radical (unpaired) electrons. The average molecular weight is 259 g/mol. The zero-order chi connectivity index (χ0) is 13.5. The van der Waals surface area contributed by atoms with E-state index >= 15 is 0 Å². The molecule has 19 heavy (non-hydrogen) atoms. The van der Waals surface area contributed by atoms with Crippen molar-refractivity contribution in [3.63, 3.8) is 0 Å². The molecule has 0 spiro atoms. The molecule has 4 nitrogen and oxygen atoms in total. The Balaban J connectivity index is 1.80. The van der Waals surface area contributed by atoms with Crippen LogP contribution in [0, 0.1) is 0 Å². The molecule has 0 fully saturated rings. The highest BCUT2D eigenvalue weighted by Crippen LogP contribution is 2.18. The van der Waals surface area contributed by atoms with Gasteiger partial charge in [-0.05, 0) is 38.1 Å². The first-order valence-corrected chi connectivity index (χ1v) is 6.77. The highest BCUT2D eigenvalue weighted by molar-refractivity contribution is 5.84. The number of rotatable bonds is 7. The summed E-state index contributed by atoms with van der Waals surface area (Å²) in [6.45, 7) is 1.68. The summed E-state index contributed by atoms with van der Waals surface area (Å²) in [5, 5.41) is 7.21. The van der Waals surface area contributed by atoms with Crippen LogP contribution in [0.2, 0.25) is 0 Å². The lowest BCUT2D eigenvalue weighted by molar-refractivity contribution is -0.121. The van der Waals surface area contributed by atoms with Crippen molar-refractivity contribution in [2.45, 2.75) is 19.3 Å².